The summed E-state index contributed by atoms with van der Waals surface area (Å²) in [5.41, 5.74) is 5.65. The van der Waals surface area contributed by atoms with Crippen molar-refractivity contribution in [2.45, 2.75) is 23.7 Å². The Morgan fingerprint density at radius 3 is 2.76 bits per heavy atom. The van der Waals surface area contributed by atoms with Crippen LogP contribution in [0.2, 0.25) is 0 Å². The van der Waals surface area contributed by atoms with Gasteiger partial charge in [0, 0.05) is 8.99 Å². The van der Waals surface area contributed by atoms with Crippen LogP contribution in [0.1, 0.15) is 24.6 Å². The van der Waals surface area contributed by atoms with Crippen LogP contribution in [0.5, 0.6) is 0 Å². The van der Waals surface area contributed by atoms with Crippen molar-refractivity contribution in [3.63, 3.8) is 0 Å². The highest BCUT2D eigenvalue weighted by Gasteiger charge is 2.19. The normalized spacial score (nSPS) is 21.2. The van der Waals surface area contributed by atoms with Crippen molar-refractivity contribution in [3.8, 4) is 11.1 Å². The highest BCUT2D eigenvalue weighted by atomic mass is 127. The molecular formula is C18H17IN2. The number of allylic oxidation sites excluding steroid dienone is 4. The number of nitrogens with zero attached hydrogens (tertiary/aromatic N) is 2. The van der Waals surface area contributed by atoms with Crippen LogP contribution in [0.3, 0.4) is 0 Å². The van der Waals surface area contributed by atoms with Crippen molar-refractivity contribution in [2.75, 3.05) is 0 Å². The molecule has 0 aliphatic heterocycles. The molecule has 0 spiro atoms. The van der Waals surface area contributed by atoms with Crippen LogP contribution in [-0.2, 0) is 0 Å². The van der Waals surface area contributed by atoms with Gasteiger partial charge in [0.05, 0.1) is 11.9 Å². The minimum absolute atomic E-state index is 0.211. The van der Waals surface area contributed by atoms with Gasteiger partial charge >= 0.3 is 0 Å². The van der Waals surface area contributed by atoms with Gasteiger partial charge < -0.3 is 0 Å². The topological polar surface area (TPSA) is 25.8 Å². The van der Waals surface area contributed by atoms with Crippen LogP contribution in [0.15, 0.2) is 54.8 Å². The molecule has 0 unspecified atom stereocenters. The molecule has 106 valence electrons. The Bertz CT molecular complexity index is 730. The molecule has 1 heterocycles. The summed E-state index contributed by atoms with van der Waals surface area (Å²) in [6.45, 7) is 4.33. The number of aryl methyl sites for hydroxylation is 1. The van der Waals surface area contributed by atoms with E-state index >= 15 is 0 Å². The first-order valence-corrected chi connectivity index (χ1v) is 8.10. The van der Waals surface area contributed by atoms with Gasteiger partial charge in [-0.2, -0.15) is 10.2 Å². The van der Waals surface area contributed by atoms with E-state index < -0.39 is 0 Å². The molecule has 21 heavy (non-hydrogen) atoms. The summed E-state index contributed by atoms with van der Waals surface area (Å²) in [5.74, 6) is 0. The lowest BCUT2D eigenvalue weighted by Crippen LogP contribution is -2.12. The Hall–Kier alpha value is -1.49. The summed E-state index contributed by atoms with van der Waals surface area (Å²) < 4.78 is 0.211. The van der Waals surface area contributed by atoms with Crippen LogP contribution in [0.25, 0.3) is 16.7 Å². The van der Waals surface area contributed by atoms with E-state index in [0.29, 0.717) is 0 Å². The smallest absolute Gasteiger partial charge is 0.0932 e. The fourth-order valence-corrected chi connectivity index (χ4v) is 2.79. The zero-order chi connectivity index (χ0) is 14.9. The van der Waals surface area contributed by atoms with E-state index in [4.69, 9.17) is 0 Å². The molecule has 1 aliphatic rings. The monoisotopic (exact) mass is 388 g/mol. The van der Waals surface area contributed by atoms with Gasteiger partial charge in [-0.05, 0) is 37.5 Å². The maximum absolute atomic E-state index is 4.29. The van der Waals surface area contributed by atoms with E-state index in [1.54, 1.807) is 0 Å². The highest BCUT2D eigenvalue weighted by Crippen LogP contribution is 2.33. The molecule has 2 nitrogen and oxygen atoms in total. The Kier molecular flexibility index (Phi) is 3.93. The van der Waals surface area contributed by atoms with Gasteiger partial charge in [-0.15, -0.1) is 0 Å². The van der Waals surface area contributed by atoms with E-state index in [-0.39, 0.29) is 3.42 Å². The first-order valence-electron chi connectivity index (χ1n) is 7.02. The molecule has 0 saturated heterocycles. The van der Waals surface area contributed by atoms with Gasteiger partial charge in [-0.3, -0.25) is 0 Å². The number of aromatic nitrogens is 2. The highest BCUT2D eigenvalue weighted by molar-refractivity contribution is 14.1. The van der Waals surface area contributed by atoms with Crippen LogP contribution < -0.4 is 0 Å². The van der Waals surface area contributed by atoms with E-state index in [9.17, 15) is 0 Å². The summed E-state index contributed by atoms with van der Waals surface area (Å²) >= 11 is 2.47. The maximum Gasteiger partial charge on any atom is 0.0932 e. The minimum atomic E-state index is 0.211. The van der Waals surface area contributed by atoms with Gasteiger partial charge in [0.2, 0.25) is 0 Å². The van der Waals surface area contributed by atoms with E-state index in [1.165, 1.54) is 11.1 Å². The van der Waals surface area contributed by atoms with Crippen molar-refractivity contribution in [1.29, 1.82) is 0 Å². The molecule has 1 aromatic carbocycles. The molecule has 3 rings (SSSR count). The Labute approximate surface area is 139 Å². The lowest BCUT2D eigenvalue weighted by Gasteiger charge is -2.20. The first kappa shape index (κ1) is 14.4. The second-order valence-corrected chi connectivity index (χ2v) is 8.14. The second-order valence-electron chi connectivity index (χ2n) is 5.67. The molecule has 0 amide bonds. The number of alkyl halides is 1. The van der Waals surface area contributed by atoms with Gasteiger partial charge in [0.15, 0.2) is 0 Å². The SMILES string of the molecule is Cc1cccc(-c2cnnc(C3=CC[C@@](C)(I)C=C3)c2)c1. The standard InChI is InChI=1S/C18H17IN2/c1-13-4-3-5-15(10-13)16-11-17(21-20-12-16)14-6-8-18(2,19)9-7-14/h3-8,10-12H,9H2,1-2H3/t18-/m0/s1. The summed E-state index contributed by atoms with van der Waals surface area (Å²) in [6.07, 6.45) is 9.49. The molecule has 0 N–H and O–H groups in total. The van der Waals surface area contributed by atoms with Gasteiger partial charge in [0.25, 0.3) is 0 Å². The molecule has 0 saturated carbocycles. The Morgan fingerprint density at radius 2 is 2.05 bits per heavy atom. The Balaban J connectivity index is 1.95. The minimum Gasteiger partial charge on any atom is -0.158 e. The third kappa shape index (κ3) is 3.40. The number of benzene rings is 1. The third-order valence-electron chi connectivity index (χ3n) is 3.63. The molecule has 1 atom stereocenters. The predicted molar refractivity (Wildman–Crippen MR) is 96.4 cm³/mol. The van der Waals surface area contributed by atoms with Crippen molar-refractivity contribution in [2.24, 2.45) is 0 Å². The molecule has 2 aromatic rings. The van der Waals surface area contributed by atoms with Crippen LogP contribution >= 0.6 is 22.6 Å². The van der Waals surface area contributed by atoms with Gasteiger partial charge in [0.1, 0.15) is 0 Å². The predicted octanol–water partition coefficient (Wildman–Crippen LogP) is 4.99. The van der Waals surface area contributed by atoms with E-state index in [0.717, 1.165) is 23.3 Å². The van der Waals surface area contributed by atoms with Crippen molar-refractivity contribution < 1.29 is 0 Å². The number of hydrogen-bond donors (Lipinski definition) is 0. The van der Waals surface area contributed by atoms with E-state index in [1.807, 2.05) is 6.20 Å². The molecule has 1 aliphatic carbocycles. The third-order valence-corrected chi connectivity index (χ3v) is 4.43. The summed E-state index contributed by atoms with van der Waals surface area (Å²) in [7, 11) is 0. The lowest BCUT2D eigenvalue weighted by molar-refractivity contribution is 0.837. The van der Waals surface area contributed by atoms with Crippen molar-refractivity contribution in [3.05, 3.63) is 66.0 Å². The number of hydrogen-bond acceptors (Lipinski definition) is 2. The number of halogens is 1. The zero-order valence-electron chi connectivity index (χ0n) is 12.2. The molecule has 1 aromatic heterocycles. The fraction of sp³-hybridized carbons (Fsp3) is 0.222. The molecule has 0 fully saturated rings. The van der Waals surface area contributed by atoms with Gasteiger partial charge in [-0.1, -0.05) is 70.6 Å². The summed E-state index contributed by atoms with van der Waals surface area (Å²) in [4.78, 5) is 0. The maximum atomic E-state index is 4.29. The van der Waals surface area contributed by atoms with Crippen LogP contribution in [0, 0.1) is 6.92 Å². The quantitative estimate of drug-likeness (QED) is 0.535. The molecule has 3 heteroatoms. The average molecular weight is 388 g/mol. The second kappa shape index (κ2) is 5.72. The zero-order valence-corrected chi connectivity index (χ0v) is 14.3. The van der Waals surface area contributed by atoms with Crippen molar-refractivity contribution in [1.82, 2.24) is 10.2 Å². The lowest BCUT2D eigenvalue weighted by atomic mass is 9.95. The van der Waals surface area contributed by atoms with Gasteiger partial charge in [-0.25, -0.2) is 0 Å². The largest absolute Gasteiger partial charge is 0.158 e. The van der Waals surface area contributed by atoms with E-state index in [2.05, 4.69) is 95.2 Å². The van der Waals surface area contributed by atoms with Crippen molar-refractivity contribution >= 4 is 28.2 Å². The Morgan fingerprint density at radius 1 is 1.19 bits per heavy atom. The summed E-state index contributed by atoms with van der Waals surface area (Å²) in [5, 5.41) is 8.46. The molecule has 0 bridgehead atoms. The fourth-order valence-electron chi connectivity index (χ4n) is 2.39. The molecule has 0 radical (unpaired) electrons. The van der Waals surface area contributed by atoms with Crippen LogP contribution in [0.4, 0.5) is 0 Å². The summed E-state index contributed by atoms with van der Waals surface area (Å²) in [6, 6.07) is 10.6. The number of rotatable bonds is 2. The van der Waals surface area contributed by atoms with Crippen LogP contribution in [-0.4, -0.2) is 13.6 Å². The molecular weight excluding hydrogens is 371 g/mol. The first-order chi connectivity index (χ1) is 10.0. The average Bonchev–Trinajstić information content (AvgIpc) is 2.47.